The van der Waals surface area contributed by atoms with Crippen LogP contribution in [0.25, 0.3) is 0 Å². The molecule has 0 amide bonds. The monoisotopic (exact) mass is 261 g/mol. The van der Waals surface area contributed by atoms with Gasteiger partial charge in [0.15, 0.2) is 0 Å². The van der Waals surface area contributed by atoms with Gasteiger partial charge in [0.1, 0.15) is 5.82 Å². The van der Waals surface area contributed by atoms with E-state index in [4.69, 9.17) is 0 Å². The molecule has 2 rings (SSSR count). The van der Waals surface area contributed by atoms with Crippen molar-refractivity contribution in [3.8, 4) is 0 Å². The van der Waals surface area contributed by atoms with Crippen molar-refractivity contribution in [1.82, 2.24) is 15.1 Å². The fourth-order valence-corrected chi connectivity index (χ4v) is 2.12. The Labute approximate surface area is 113 Å². The number of aryl methyl sites for hydroxylation is 3. The van der Waals surface area contributed by atoms with Gasteiger partial charge in [-0.3, -0.25) is 4.68 Å². The third-order valence-electron chi connectivity index (χ3n) is 3.21. The third kappa shape index (κ3) is 3.41. The minimum absolute atomic E-state index is 0.144. The van der Waals surface area contributed by atoms with E-state index in [9.17, 15) is 4.39 Å². The number of halogens is 1. The maximum absolute atomic E-state index is 13.4. The highest BCUT2D eigenvalue weighted by molar-refractivity contribution is 5.23. The molecule has 19 heavy (non-hydrogen) atoms. The van der Waals surface area contributed by atoms with E-state index in [1.165, 1.54) is 5.56 Å². The van der Waals surface area contributed by atoms with Gasteiger partial charge < -0.3 is 5.32 Å². The number of aromatic nitrogens is 2. The number of nitrogens with zero attached hydrogens (tertiary/aromatic N) is 2. The third-order valence-corrected chi connectivity index (χ3v) is 3.21. The molecule has 0 aliphatic carbocycles. The van der Waals surface area contributed by atoms with Crippen LogP contribution in [0.5, 0.6) is 0 Å². The molecule has 0 aliphatic heterocycles. The minimum Gasteiger partial charge on any atom is -0.308 e. The van der Waals surface area contributed by atoms with E-state index in [2.05, 4.69) is 17.3 Å². The molecule has 0 saturated heterocycles. The standard InChI is InChI=1S/C15H20FN3/c1-4-15-13(10-19(3)18-15)9-17-8-12-6-5-11(2)14(16)7-12/h5-7,10,17H,4,8-9H2,1-3H3. The van der Waals surface area contributed by atoms with Gasteiger partial charge in [-0.2, -0.15) is 5.10 Å². The van der Waals surface area contributed by atoms with Crippen LogP contribution in [0.1, 0.15) is 29.3 Å². The summed E-state index contributed by atoms with van der Waals surface area (Å²) in [7, 11) is 1.93. The van der Waals surface area contributed by atoms with Gasteiger partial charge in [-0.15, -0.1) is 0 Å². The van der Waals surface area contributed by atoms with Crippen LogP contribution < -0.4 is 5.32 Å². The van der Waals surface area contributed by atoms with E-state index in [0.717, 1.165) is 24.2 Å². The molecule has 0 fully saturated rings. The van der Waals surface area contributed by atoms with E-state index in [-0.39, 0.29) is 5.82 Å². The van der Waals surface area contributed by atoms with Gasteiger partial charge in [0.05, 0.1) is 5.69 Å². The van der Waals surface area contributed by atoms with Crippen molar-refractivity contribution in [2.75, 3.05) is 0 Å². The number of nitrogens with one attached hydrogen (secondary N) is 1. The highest BCUT2D eigenvalue weighted by Gasteiger charge is 2.05. The van der Waals surface area contributed by atoms with Crippen molar-refractivity contribution in [3.63, 3.8) is 0 Å². The van der Waals surface area contributed by atoms with Gasteiger partial charge in [0.2, 0.25) is 0 Å². The van der Waals surface area contributed by atoms with Crippen molar-refractivity contribution in [3.05, 3.63) is 52.6 Å². The van der Waals surface area contributed by atoms with E-state index >= 15 is 0 Å². The van der Waals surface area contributed by atoms with E-state index in [0.29, 0.717) is 12.1 Å². The summed E-state index contributed by atoms with van der Waals surface area (Å²) in [5, 5.41) is 7.73. The first-order valence-electron chi connectivity index (χ1n) is 6.57. The van der Waals surface area contributed by atoms with Crippen molar-refractivity contribution >= 4 is 0 Å². The van der Waals surface area contributed by atoms with Crippen molar-refractivity contribution < 1.29 is 4.39 Å². The van der Waals surface area contributed by atoms with E-state index in [1.807, 2.05) is 30.1 Å². The Hall–Kier alpha value is -1.68. The molecule has 2 aromatic rings. The van der Waals surface area contributed by atoms with Crippen LogP contribution in [0, 0.1) is 12.7 Å². The van der Waals surface area contributed by atoms with Gasteiger partial charge in [0.25, 0.3) is 0 Å². The van der Waals surface area contributed by atoms with Crippen LogP contribution in [-0.2, 0) is 26.6 Å². The second-order valence-corrected chi connectivity index (χ2v) is 4.82. The lowest BCUT2D eigenvalue weighted by atomic mass is 10.1. The Balaban J connectivity index is 1.94. The summed E-state index contributed by atoms with van der Waals surface area (Å²) in [4.78, 5) is 0. The van der Waals surface area contributed by atoms with Crippen molar-refractivity contribution in [2.24, 2.45) is 7.05 Å². The molecule has 0 saturated carbocycles. The highest BCUT2D eigenvalue weighted by Crippen LogP contribution is 2.10. The fraction of sp³-hybridized carbons (Fsp3) is 0.400. The molecule has 1 N–H and O–H groups in total. The Morgan fingerprint density at radius 1 is 1.32 bits per heavy atom. The molecule has 1 heterocycles. The number of rotatable bonds is 5. The summed E-state index contributed by atoms with van der Waals surface area (Å²) >= 11 is 0. The lowest BCUT2D eigenvalue weighted by Gasteiger charge is -2.06. The topological polar surface area (TPSA) is 29.9 Å². The fourth-order valence-electron chi connectivity index (χ4n) is 2.12. The van der Waals surface area contributed by atoms with Crippen molar-refractivity contribution in [1.29, 1.82) is 0 Å². The number of hydrogen-bond acceptors (Lipinski definition) is 2. The molecule has 0 aliphatic rings. The SMILES string of the molecule is CCc1nn(C)cc1CNCc1ccc(C)c(F)c1. The first-order valence-corrected chi connectivity index (χ1v) is 6.57. The molecule has 0 bridgehead atoms. The summed E-state index contributed by atoms with van der Waals surface area (Å²) in [6.07, 6.45) is 2.96. The van der Waals surface area contributed by atoms with Gasteiger partial charge in [-0.1, -0.05) is 19.1 Å². The maximum atomic E-state index is 13.4. The zero-order valence-corrected chi connectivity index (χ0v) is 11.7. The quantitative estimate of drug-likeness (QED) is 0.897. The summed E-state index contributed by atoms with van der Waals surface area (Å²) in [6, 6.07) is 5.36. The van der Waals surface area contributed by atoms with Gasteiger partial charge in [-0.25, -0.2) is 4.39 Å². The maximum Gasteiger partial charge on any atom is 0.126 e. The molecule has 0 unspecified atom stereocenters. The second kappa shape index (κ2) is 5.97. The Kier molecular flexibility index (Phi) is 4.32. The minimum atomic E-state index is -0.144. The zero-order valence-electron chi connectivity index (χ0n) is 11.7. The van der Waals surface area contributed by atoms with Crippen LogP contribution in [0.3, 0.4) is 0 Å². The molecule has 102 valence electrons. The zero-order chi connectivity index (χ0) is 13.8. The highest BCUT2D eigenvalue weighted by atomic mass is 19.1. The predicted octanol–water partition coefficient (Wildman–Crippen LogP) is 2.72. The lowest BCUT2D eigenvalue weighted by molar-refractivity contribution is 0.611. The van der Waals surface area contributed by atoms with E-state index in [1.54, 1.807) is 13.0 Å². The largest absolute Gasteiger partial charge is 0.308 e. The summed E-state index contributed by atoms with van der Waals surface area (Å²) in [5.41, 5.74) is 3.97. The van der Waals surface area contributed by atoms with Gasteiger partial charge in [0, 0.05) is 31.9 Å². The molecule has 1 aromatic carbocycles. The van der Waals surface area contributed by atoms with Crippen LogP contribution in [0.4, 0.5) is 4.39 Å². The normalized spacial score (nSPS) is 10.9. The molecular formula is C15H20FN3. The van der Waals surface area contributed by atoms with Crippen LogP contribution in [-0.4, -0.2) is 9.78 Å². The van der Waals surface area contributed by atoms with Crippen molar-refractivity contribution in [2.45, 2.75) is 33.4 Å². The summed E-state index contributed by atoms with van der Waals surface area (Å²) in [5.74, 6) is -0.144. The Bertz CT molecular complexity index is 561. The molecular weight excluding hydrogens is 241 g/mol. The molecule has 1 aromatic heterocycles. The predicted molar refractivity (Wildman–Crippen MR) is 74.3 cm³/mol. The van der Waals surface area contributed by atoms with Crippen LogP contribution in [0.2, 0.25) is 0 Å². The average molecular weight is 261 g/mol. The summed E-state index contributed by atoms with van der Waals surface area (Å²) in [6.45, 7) is 5.29. The number of hydrogen-bond donors (Lipinski definition) is 1. The Morgan fingerprint density at radius 2 is 2.11 bits per heavy atom. The molecule has 3 nitrogen and oxygen atoms in total. The molecule has 4 heteroatoms. The number of benzene rings is 1. The molecule has 0 radical (unpaired) electrons. The first kappa shape index (κ1) is 13.7. The smallest absolute Gasteiger partial charge is 0.126 e. The van der Waals surface area contributed by atoms with Gasteiger partial charge in [-0.05, 0) is 30.5 Å². The molecule has 0 spiro atoms. The molecule has 0 atom stereocenters. The summed E-state index contributed by atoms with van der Waals surface area (Å²) < 4.78 is 15.2. The van der Waals surface area contributed by atoms with Crippen LogP contribution >= 0.6 is 0 Å². The van der Waals surface area contributed by atoms with Gasteiger partial charge >= 0.3 is 0 Å². The Morgan fingerprint density at radius 3 is 2.79 bits per heavy atom. The lowest BCUT2D eigenvalue weighted by Crippen LogP contribution is -2.13. The second-order valence-electron chi connectivity index (χ2n) is 4.82. The first-order chi connectivity index (χ1) is 9.10. The van der Waals surface area contributed by atoms with E-state index < -0.39 is 0 Å². The van der Waals surface area contributed by atoms with Crippen LogP contribution in [0.15, 0.2) is 24.4 Å². The average Bonchev–Trinajstić information content (AvgIpc) is 2.74.